The fraction of sp³-hybridized carbons (Fsp3) is 0.533. The van der Waals surface area contributed by atoms with Gasteiger partial charge < -0.3 is 5.11 Å². The molecule has 0 aromatic heterocycles. The maximum absolute atomic E-state index is 13.4. The lowest BCUT2D eigenvalue weighted by Crippen LogP contribution is -2.38. The van der Waals surface area contributed by atoms with Gasteiger partial charge in [0.1, 0.15) is 11.9 Å². The molecule has 0 aliphatic carbocycles. The fourth-order valence-electron chi connectivity index (χ4n) is 1.96. The number of aliphatic hydroxyl groups is 1. The number of aliphatic hydroxyl groups excluding tert-OH is 1. The van der Waals surface area contributed by atoms with Crippen LogP contribution in [0.1, 0.15) is 32.8 Å². The van der Waals surface area contributed by atoms with Gasteiger partial charge in [0.25, 0.3) is 0 Å². The van der Waals surface area contributed by atoms with Gasteiger partial charge in [-0.1, -0.05) is 20.8 Å². The van der Waals surface area contributed by atoms with Crippen molar-refractivity contribution in [3.05, 3.63) is 29.6 Å². The molecule has 0 unspecified atom stereocenters. The molecule has 0 fully saturated rings. The highest BCUT2D eigenvalue weighted by Gasteiger charge is 2.28. The summed E-state index contributed by atoms with van der Waals surface area (Å²) in [7, 11) is -3.85. The minimum atomic E-state index is -3.85. The first kappa shape index (κ1) is 18.6. The van der Waals surface area contributed by atoms with Gasteiger partial charge in [0.2, 0.25) is 10.0 Å². The van der Waals surface area contributed by atoms with Crippen molar-refractivity contribution in [1.29, 1.82) is 5.26 Å². The molecule has 0 aliphatic heterocycles. The summed E-state index contributed by atoms with van der Waals surface area (Å²) >= 11 is 0. The molecule has 0 heterocycles. The fourth-order valence-corrected chi connectivity index (χ4v) is 3.69. The Hall–Kier alpha value is -1.49. The highest BCUT2D eigenvalue weighted by molar-refractivity contribution is 7.89. The standard InChI is InChI=1S/C15H21FN2O3S/c1-15(2,3)11-18(7-4-8-19)22(20,21)13-5-6-14(16)12(9-13)10-17/h5-6,9,19H,4,7-8,11H2,1-3H3. The first-order chi connectivity index (χ1) is 10.1. The van der Waals surface area contributed by atoms with E-state index in [0.29, 0.717) is 6.42 Å². The second-order valence-corrected chi connectivity index (χ2v) is 8.17. The van der Waals surface area contributed by atoms with Gasteiger partial charge in [0.05, 0.1) is 10.5 Å². The molecule has 122 valence electrons. The lowest BCUT2D eigenvalue weighted by molar-refractivity contribution is 0.241. The van der Waals surface area contributed by atoms with E-state index in [1.54, 1.807) is 6.07 Å². The van der Waals surface area contributed by atoms with Crippen molar-refractivity contribution >= 4 is 10.0 Å². The Morgan fingerprint density at radius 1 is 1.36 bits per heavy atom. The van der Waals surface area contributed by atoms with Gasteiger partial charge in [-0.05, 0) is 30.0 Å². The normalized spacial score (nSPS) is 12.4. The van der Waals surface area contributed by atoms with E-state index < -0.39 is 15.8 Å². The molecular formula is C15H21FN2O3S. The summed E-state index contributed by atoms with van der Waals surface area (Å²) in [5, 5.41) is 17.8. The summed E-state index contributed by atoms with van der Waals surface area (Å²) < 4.78 is 40.0. The Kier molecular flexibility index (Phi) is 6.06. The van der Waals surface area contributed by atoms with E-state index in [2.05, 4.69) is 0 Å². The smallest absolute Gasteiger partial charge is 0.243 e. The zero-order chi connectivity index (χ0) is 17.0. The second kappa shape index (κ2) is 7.18. The molecule has 7 heteroatoms. The predicted molar refractivity (Wildman–Crippen MR) is 81.0 cm³/mol. The van der Waals surface area contributed by atoms with E-state index in [9.17, 15) is 12.8 Å². The van der Waals surface area contributed by atoms with Crippen LogP contribution >= 0.6 is 0 Å². The zero-order valence-corrected chi connectivity index (χ0v) is 13.8. The number of sulfonamides is 1. The van der Waals surface area contributed by atoms with Crippen LogP contribution in [-0.4, -0.2) is 37.5 Å². The number of hydrogen-bond donors (Lipinski definition) is 1. The van der Waals surface area contributed by atoms with Gasteiger partial charge in [-0.2, -0.15) is 9.57 Å². The highest BCUT2D eigenvalue weighted by Crippen LogP contribution is 2.23. The first-order valence-corrected chi connectivity index (χ1v) is 8.36. The molecule has 0 radical (unpaired) electrons. The van der Waals surface area contributed by atoms with Crippen LogP contribution in [0.25, 0.3) is 0 Å². The molecule has 0 saturated heterocycles. The number of benzene rings is 1. The molecule has 0 atom stereocenters. The first-order valence-electron chi connectivity index (χ1n) is 6.92. The topological polar surface area (TPSA) is 81.4 Å². The van der Waals surface area contributed by atoms with Crippen LogP contribution in [0.3, 0.4) is 0 Å². The van der Waals surface area contributed by atoms with E-state index in [4.69, 9.17) is 10.4 Å². The van der Waals surface area contributed by atoms with Gasteiger partial charge in [0.15, 0.2) is 0 Å². The molecular weight excluding hydrogens is 307 g/mol. The van der Waals surface area contributed by atoms with Crippen LogP contribution < -0.4 is 0 Å². The van der Waals surface area contributed by atoms with E-state index in [1.165, 1.54) is 4.31 Å². The van der Waals surface area contributed by atoms with Crippen LogP contribution in [-0.2, 0) is 10.0 Å². The van der Waals surface area contributed by atoms with Crippen LogP contribution in [0.5, 0.6) is 0 Å². The number of nitrogens with zero attached hydrogens (tertiary/aromatic N) is 2. The van der Waals surface area contributed by atoms with Crippen molar-refractivity contribution in [2.45, 2.75) is 32.1 Å². The molecule has 22 heavy (non-hydrogen) atoms. The quantitative estimate of drug-likeness (QED) is 0.867. The molecule has 0 aliphatic rings. The maximum Gasteiger partial charge on any atom is 0.243 e. The highest BCUT2D eigenvalue weighted by atomic mass is 32.2. The van der Waals surface area contributed by atoms with E-state index in [0.717, 1.165) is 18.2 Å². The third kappa shape index (κ3) is 4.77. The molecule has 1 aromatic rings. The molecule has 0 saturated carbocycles. The molecule has 0 amide bonds. The van der Waals surface area contributed by atoms with Crippen LogP contribution in [0, 0.1) is 22.6 Å². The van der Waals surface area contributed by atoms with E-state index in [1.807, 2.05) is 20.8 Å². The molecule has 0 spiro atoms. The summed E-state index contributed by atoms with van der Waals surface area (Å²) in [6.45, 7) is 6.01. The van der Waals surface area contributed by atoms with Gasteiger partial charge in [-0.15, -0.1) is 0 Å². The lowest BCUT2D eigenvalue weighted by atomic mass is 9.97. The van der Waals surface area contributed by atoms with Crippen molar-refractivity contribution in [1.82, 2.24) is 4.31 Å². The number of halogens is 1. The molecule has 1 N–H and O–H groups in total. The van der Waals surface area contributed by atoms with Crippen molar-refractivity contribution in [2.75, 3.05) is 19.7 Å². The van der Waals surface area contributed by atoms with Crippen LogP contribution in [0.2, 0.25) is 0 Å². The Balaban J connectivity index is 3.23. The third-order valence-corrected chi connectivity index (χ3v) is 4.75. The molecule has 1 rings (SSSR count). The maximum atomic E-state index is 13.4. The number of hydrogen-bond acceptors (Lipinski definition) is 4. The average molecular weight is 328 g/mol. The second-order valence-electron chi connectivity index (χ2n) is 6.23. The SMILES string of the molecule is CC(C)(C)CN(CCCO)S(=O)(=O)c1ccc(F)c(C#N)c1. The Labute approximate surface area is 131 Å². The Bertz CT molecular complexity index is 660. The average Bonchev–Trinajstić information content (AvgIpc) is 2.42. The van der Waals surface area contributed by atoms with Crippen molar-refractivity contribution < 1.29 is 17.9 Å². The van der Waals surface area contributed by atoms with Crippen molar-refractivity contribution in [3.8, 4) is 6.07 Å². The summed E-state index contributed by atoms with van der Waals surface area (Å²) in [5.41, 5.74) is -0.584. The van der Waals surface area contributed by atoms with Gasteiger partial charge >= 0.3 is 0 Å². The predicted octanol–water partition coefficient (Wildman–Crippen LogP) is 2.12. The molecule has 5 nitrogen and oxygen atoms in total. The van der Waals surface area contributed by atoms with Gasteiger partial charge in [0, 0.05) is 19.7 Å². The van der Waals surface area contributed by atoms with E-state index >= 15 is 0 Å². The minimum Gasteiger partial charge on any atom is -0.396 e. The van der Waals surface area contributed by atoms with Crippen molar-refractivity contribution in [2.24, 2.45) is 5.41 Å². The summed E-state index contributed by atoms with van der Waals surface area (Å²) in [5.74, 6) is -0.751. The van der Waals surface area contributed by atoms with Crippen LogP contribution in [0.4, 0.5) is 4.39 Å². The third-order valence-electron chi connectivity index (χ3n) is 2.91. The summed E-state index contributed by atoms with van der Waals surface area (Å²) in [6.07, 6.45) is 0.307. The van der Waals surface area contributed by atoms with E-state index in [-0.39, 0.29) is 35.6 Å². The number of nitriles is 1. The summed E-state index contributed by atoms with van der Waals surface area (Å²) in [4.78, 5) is -0.118. The Morgan fingerprint density at radius 2 is 2.00 bits per heavy atom. The molecule has 1 aromatic carbocycles. The monoisotopic (exact) mass is 328 g/mol. The minimum absolute atomic E-state index is 0.118. The van der Waals surface area contributed by atoms with Gasteiger partial charge in [-0.25, -0.2) is 12.8 Å². The van der Waals surface area contributed by atoms with Crippen LogP contribution in [0.15, 0.2) is 23.1 Å². The summed E-state index contributed by atoms with van der Waals surface area (Å²) in [6, 6.07) is 4.81. The Morgan fingerprint density at radius 3 is 2.50 bits per heavy atom. The largest absolute Gasteiger partial charge is 0.396 e. The molecule has 0 bridgehead atoms. The lowest BCUT2D eigenvalue weighted by Gasteiger charge is -2.29. The van der Waals surface area contributed by atoms with Crippen molar-refractivity contribution in [3.63, 3.8) is 0 Å². The van der Waals surface area contributed by atoms with Gasteiger partial charge in [-0.3, -0.25) is 0 Å². The zero-order valence-electron chi connectivity index (χ0n) is 13.0. The number of rotatable bonds is 6.